The van der Waals surface area contributed by atoms with Crippen molar-refractivity contribution in [2.24, 2.45) is 0 Å². The van der Waals surface area contributed by atoms with Gasteiger partial charge in [0.15, 0.2) is 11.6 Å². The predicted octanol–water partition coefficient (Wildman–Crippen LogP) is 4.83. The first-order valence-corrected chi connectivity index (χ1v) is 9.17. The predicted molar refractivity (Wildman–Crippen MR) is 107 cm³/mol. The molecule has 0 aliphatic heterocycles. The Balaban J connectivity index is 1.72. The Morgan fingerprint density at radius 1 is 1.03 bits per heavy atom. The average Bonchev–Trinajstić information content (AvgIpc) is 2.70. The normalized spacial score (nSPS) is 10.7. The molecule has 0 saturated carbocycles. The Bertz CT molecular complexity index is 1000. The van der Waals surface area contributed by atoms with E-state index in [1.165, 1.54) is 11.0 Å². The van der Waals surface area contributed by atoms with Crippen LogP contribution >= 0.6 is 0 Å². The molecule has 0 spiro atoms. The lowest BCUT2D eigenvalue weighted by atomic mass is 10.0. The Kier molecular flexibility index (Phi) is 6.22. The number of aryl methyl sites for hydroxylation is 2. The van der Waals surface area contributed by atoms with Gasteiger partial charge >= 0.3 is 0 Å². The third-order valence-electron chi connectivity index (χ3n) is 4.56. The van der Waals surface area contributed by atoms with Gasteiger partial charge in [0.1, 0.15) is 12.4 Å². The van der Waals surface area contributed by atoms with Crippen LogP contribution in [0.15, 0.2) is 54.9 Å². The number of nitrogens with zero attached hydrogens (tertiary/aromatic N) is 2. The lowest BCUT2D eigenvalue weighted by Gasteiger charge is -2.19. The van der Waals surface area contributed by atoms with Crippen molar-refractivity contribution in [1.29, 1.82) is 0 Å². The van der Waals surface area contributed by atoms with Crippen molar-refractivity contribution in [3.05, 3.63) is 94.3 Å². The topological polar surface area (TPSA) is 42.4 Å². The Labute approximate surface area is 168 Å². The number of benzene rings is 2. The van der Waals surface area contributed by atoms with E-state index in [2.05, 4.69) is 4.98 Å². The fraction of sp³-hybridized carbons (Fsp3) is 0.217. The van der Waals surface area contributed by atoms with Crippen LogP contribution in [0, 0.1) is 25.5 Å². The molecule has 0 atom stereocenters. The minimum Gasteiger partial charge on any atom is -0.488 e. The summed E-state index contributed by atoms with van der Waals surface area (Å²) in [6.07, 6.45) is 3.45. The van der Waals surface area contributed by atoms with E-state index in [0.717, 1.165) is 34.6 Å². The zero-order chi connectivity index (χ0) is 21.0. The molecule has 29 heavy (non-hydrogen) atoms. The van der Waals surface area contributed by atoms with Gasteiger partial charge in [-0.2, -0.15) is 0 Å². The summed E-state index contributed by atoms with van der Waals surface area (Å²) < 4.78 is 32.4. The summed E-state index contributed by atoms with van der Waals surface area (Å²) in [6.45, 7) is 4.33. The SMILES string of the molecule is Cc1cc(C(=O)N(C)Cc2ccc(F)c(F)c2)cc(C)c1OCc1cccnc1. The first kappa shape index (κ1) is 20.5. The number of rotatable bonds is 6. The summed E-state index contributed by atoms with van der Waals surface area (Å²) in [6, 6.07) is 11.0. The Morgan fingerprint density at radius 3 is 2.38 bits per heavy atom. The van der Waals surface area contributed by atoms with Crippen molar-refractivity contribution < 1.29 is 18.3 Å². The monoisotopic (exact) mass is 396 g/mol. The van der Waals surface area contributed by atoms with E-state index in [0.29, 0.717) is 17.7 Å². The van der Waals surface area contributed by atoms with Crippen LogP contribution in [0.4, 0.5) is 8.78 Å². The van der Waals surface area contributed by atoms with E-state index in [1.54, 1.807) is 31.6 Å². The van der Waals surface area contributed by atoms with E-state index in [1.807, 2.05) is 26.0 Å². The van der Waals surface area contributed by atoms with Crippen molar-refractivity contribution >= 4 is 5.91 Å². The summed E-state index contributed by atoms with van der Waals surface area (Å²) in [5.41, 5.74) is 3.68. The van der Waals surface area contributed by atoms with Crippen LogP contribution in [0.5, 0.6) is 5.75 Å². The van der Waals surface area contributed by atoms with Gasteiger partial charge in [0.05, 0.1) is 0 Å². The van der Waals surface area contributed by atoms with E-state index in [9.17, 15) is 13.6 Å². The molecule has 3 rings (SSSR count). The van der Waals surface area contributed by atoms with Crippen molar-refractivity contribution in [1.82, 2.24) is 9.88 Å². The first-order valence-electron chi connectivity index (χ1n) is 9.17. The highest BCUT2D eigenvalue weighted by atomic mass is 19.2. The second-order valence-corrected chi connectivity index (χ2v) is 7.00. The third kappa shape index (κ3) is 4.96. The van der Waals surface area contributed by atoms with Gasteiger partial charge in [-0.15, -0.1) is 0 Å². The standard InChI is InChI=1S/C23H22F2N2O2/c1-15-9-19(10-16(2)22(15)29-14-18-5-4-8-26-12-18)23(28)27(3)13-17-6-7-20(24)21(25)11-17/h4-12H,13-14H2,1-3H3. The van der Waals surface area contributed by atoms with Gasteiger partial charge in [-0.05, 0) is 60.9 Å². The molecule has 4 nitrogen and oxygen atoms in total. The van der Waals surface area contributed by atoms with E-state index < -0.39 is 11.6 Å². The van der Waals surface area contributed by atoms with Crippen molar-refractivity contribution in [3.63, 3.8) is 0 Å². The maximum Gasteiger partial charge on any atom is 0.253 e. The van der Waals surface area contributed by atoms with Gasteiger partial charge in [-0.3, -0.25) is 9.78 Å². The number of carbonyl (C=O) groups excluding carboxylic acids is 1. The van der Waals surface area contributed by atoms with E-state index in [4.69, 9.17) is 4.74 Å². The Morgan fingerprint density at radius 2 is 1.76 bits per heavy atom. The molecular formula is C23H22F2N2O2. The highest BCUT2D eigenvalue weighted by molar-refractivity contribution is 5.94. The molecule has 150 valence electrons. The maximum absolute atomic E-state index is 13.4. The molecule has 0 radical (unpaired) electrons. The molecule has 0 N–H and O–H groups in total. The highest BCUT2D eigenvalue weighted by Gasteiger charge is 2.16. The quantitative estimate of drug-likeness (QED) is 0.600. The molecule has 3 aromatic rings. The van der Waals surface area contributed by atoms with Crippen LogP contribution in [-0.2, 0) is 13.2 Å². The number of hydrogen-bond acceptors (Lipinski definition) is 3. The number of hydrogen-bond donors (Lipinski definition) is 0. The largest absolute Gasteiger partial charge is 0.488 e. The number of pyridine rings is 1. The number of ether oxygens (including phenoxy) is 1. The molecule has 1 heterocycles. The van der Waals surface area contributed by atoms with Crippen LogP contribution < -0.4 is 4.74 Å². The molecule has 1 aromatic heterocycles. The number of carbonyl (C=O) groups is 1. The molecule has 2 aromatic carbocycles. The lowest BCUT2D eigenvalue weighted by molar-refractivity contribution is 0.0784. The van der Waals surface area contributed by atoms with Crippen molar-refractivity contribution in [2.45, 2.75) is 27.0 Å². The fourth-order valence-corrected chi connectivity index (χ4v) is 3.14. The Hall–Kier alpha value is -3.28. The van der Waals surface area contributed by atoms with Gasteiger partial charge in [0, 0.05) is 37.1 Å². The second kappa shape index (κ2) is 8.82. The minimum absolute atomic E-state index is 0.174. The van der Waals surface area contributed by atoms with E-state index in [-0.39, 0.29) is 12.5 Å². The molecule has 0 aliphatic rings. The zero-order valence-electron chi connectivity index (χ0n) is 16.6. The summed E-state index contributed by atoms with van der Waals surface area (Å²) in [5.74, 6) is -1.31. The molecule has 0 bridgehead atoms. The van der Waals surface area contributed by atoms with Gasteiger partial charge in [-0.1, -0.05) is 12.1 Å². The zero-order valence-corrected chi connectivity index (χ0v) is 16.6. The summed E-state index contributed by atoms with van der Waals surface area (Å²) in [4.78, 5) is 18.3. The molecular weight excluding hydrogens is 374 g/mol. The fourth-order valence-electron chi connectivity index (χ4n) is 3.14. The van der Waals surface area contributed by atoms with Crippen molar-refractivity contribution in [3.8, 4) is 5.75 Å². The summed E-state index contributed by atoms with van der Waals surface area (Å²) >= 11 is 0. The molecule has 0 aliphatic carbocycles. The number of aromatic nitrogens is 1. The summed E-state index contributed by atoms with van der Waals surface area (Å²) in [5, 5.41) is 0. The van der Waals surface area contributed by atoms with Crippen LogP contribution in [-0.4, -0.2) is 22.8 Å². The van der Waals surface area contributed by atoms with Gasteiger partial charge in [-0.25, -0.2) is 8.78 Å². The van der Waals surface area contributed by atoms with Gasteiger partial charge in [0.25, 0.3) is 5.91 Å². The average molecular weight is 396 g/mol. The molecule has 0 saturated heterocycles. The highest BCUT2D eigenvalue weighted by Crippen LogP contribution is 2.26. The molecule has 1 amide bonds. The van der Waals surface area contributed by atoms with E-state index >= 15 is 0 Å². The molecule has 0 fully saturated rings. The van der Waals surface area contributed by atoms with Crippen LogP contribution in [0.2, 0.25) is 0 Å². The minimum atomic E-state index is -0.926. The lowest BCUT2D eigenvalue weighted by Crippen LogP contribution is -2.26. The molecule has 6 heteroatoms. The van der Waals surface area contributed by atoms with Gasteiger partial charge < -0.3 is 9.64 Å². The smallest absolute Gasteiger partial charge is 0.253 e. The first-order chi connectivity index (χ1) is 13.8. The number of amides is 1. The van der Waals surface area contributed by atoms with Gasteiger partial charge in [0.2, 0.25) is 0 Å². The third-order valence-corrected chi connectivity index (χ3v) is 4.56. The summed E-state index contributed by atoms with van der Waals surface area (Å²) in [7, 11) is 1.63. The van der Waals surface area contributed by atoms with Crippen LogP contribution in [0.25, 0.3) is 0 Å². The van der Waals surface area contributed by atoms with Crippen molar-refractivity contribution in [2.75, 3.05) is 7.05 Å². The molecule has 0 unspecified atom stereocenters. The number of halogens is 2. The van der Waals surface area contributed by atoms with Crippen LogP contribution in [0.3, 0.4) is 0 Å². The maximum atomic E-state index is 13.4. The van der Waals surface area contributed by atoms with Crippen LogP contribution in [0.1, 0.15) is 32.6 Å². The second-order valence-electron chi connectivity index (χ2n) is 7.00.